The molecule has 35 heavy (non-hydrogen) atoms. The van der Waals surface area contributed by atoms with Gasteiger partial charge in [-0.3, -0.25) is 4.90 Å². The minimum Gasteiger partial charge on any atom is -0.497 e. The Morgan fingerprint density at radius 2 is 1.60 bits per heavy atom. The topological polar surface area (TPSA) is 59.5 Å². The maximum Gasteiger partial charge on any atom is 0.156 e. The molecule has 0 radical (unpaired) electrons. The van der Waals surface area contributed by atoms with Crippen LogP contribution in [-0.2, 0) is 6.54 Å². The molecule has 6 heteroatoms. The summed E-state index contributed by atoms with van der Waals surface area (Å²) in [6, 6.07) is 25.1. The molecule has 1 atom stereocenters. The Balaban J connectivity index is 1.38. The molecule has 5 rings (SSSR count). The first kappa shape index (κ1) is 23.1. The SMILES string of the molecule is COc1ccc(-c2nnc(NC3CCCN(Cc4ccccc4)CC3)c3cc(OC)ccc23)cc1. The normalized spacial score (nSPS) is 16.6. The van der Waals surface area contributed by atoms with Crippen LogP contribution in [0.5, 0.6) is 11.5 Å². The van der Waals surface area contributed by atoms with E-state index in [1.54, 1.807) is 14.2 Å². The average Bonchev–Trinajstić information content (AvgIpc) is 3.14. The van der Waals surface area contributed by atoms with Gasteiger partial charge in [0.25, 0.3) is 0 Å². The van der Waals surface area contributed by atoms with Gasteiger partial charge in [0.2, 0.25) is 0 Å². The van der Waals surface area contributed by atoms with Crippen molar-refractivity contribution in [2.75, 3.05) is 32.6 Å². The van der Waals surface area contributed by atoms with Crippen LogP contribution >= 0.6 is 0 Å². The smallest absolute Gasteiger partial charge is 0.156 e. The summed E-state index contributed by atoms with van der Waals surface area (Å²) in [6.45, 7) is 3.18. The van der Waals surface area contributed by atoms with E-state index in [1.165, 1.54) is 5.56 Å². The van der Waals surface area contributed by atoms with Gasteiger partial charge in [-0.1, -0.05) is 30.3 Å². The molecule has 0 spiro atoms. The standard InChI is InChI=1S/C29H32N4O2/c1-34-24-12-10-22(11-13-24)28-26-15-14-25(35-2)19-27(26)29(32-31-28)30-23-9-6-17-33(18-16-23)20-21-7-4-3-5-8-21/h3-5,7-8,10-15,19,23H,6,9,16-18,20H2,1-2H3,(H,30,32). The van der Waals surface area contributed by atoms with E-state index in [4.69, 9.17) is 9.47 Å². The molecule has 6 nitrogen and oxygen atoms in total. The van der Waals surface area contributed by atoms with Gasteiger partial charge in [-0.2, -0.15) is 0 Å². The third kappa shape index (κ3) is 5.38. The number of methoxy groups -OCH3 is 2. The van der Waals surface area contributed by atoms with Crippen LogP contribution in [-0.4, -0.2) is 48.4 Å². The van der Waals surface area contributed by atoms with Crippen molar-refractivity contribution >= 4 is 16.6 Å². The molecule has 1 N–H and O–H groups in total. The summed E-state index contributed by atoms with van der Waals surface area (Å²) in [6.07, 6.45) is 3.34. The second kappa shape index (κ2) is 10.7. The number of likely N-dealkylation sites (tertiary alicyclic amines) is 1. The fourth-order valence-corrected chi connectivity index (χ4v) is 4.82. The van der Waals surface area contributed by atoms with Gasteiger partial charge in [-0.25, -0.2) is 0 Å². The maximum absolute atomic E-state index is 5.53. The van der Waals surface area contributed by atoms with Gasteiger partial charge in [0.15, 0.2) is 5.82 Å². The summed E-state index contributed by atoms with van der Waals surface area (Å²) in [4.78, 5) is 2.55. The van der Waals surface area contributed by atoms with E-state index in [0.29, 0.717) is 6.04 Å². The Hall–Kier alpha value is -3.64. The lowest BCUT2D eigenvalue weighted by Crippen LogP contribution is -2.26. The Morgan fingerprint density at radius 1 is 0.829 bits per heavy atom. The van der Waals surface area contributed by atoms with E-state index in [2.05, 4.69) is 62.9 Å². The van der Waals surface area contributed by atoms with Crippen molar-refractivity contribution in [1.29, 1.82) is 0 Å². The zero-order valence-electron chi connectivity index (χ0n) is 20.4. The fraction of sp³-hybridized carbons (Fsp3) is 0.310. The summed E-state index contributed by atoms with van der Waals surface area (Å²) in [5.41, 5.74) is 3.23. The van der Waals surface area contributed by atoms with Gasteiger partial charge in [0.05, 0.1) is 14.2 Å². The second-order valence-corrected chi connectivity index (χ2v) is 9.07. The van der Waals surface area contributed by atoms with Gasteiger partial charge in [-0.05, 0) is 73.8 Å². The van der Waals surface area contributed by atoms with Crippen LogP contribution in [0.25, 0.3) is 22.0 Å². The number of aromatic nitrogens is 2. The first-order chi connectivity index (χ1) is 17.2. The molecule has 1 aliphatic heterocycles. The van der Waals surface area contributed by atoms with Crippen LogP contribution in [0.2, 0.25) is 0 Å². The number of rotatable bonds is 7. The molecule has 0 aliphatic carbocycles. The lowest BCUT2D eigenvalue weighted by atomic mass is 10.0. The highest BCUT2D eigenvalue weighted by Gasteiger charge is 2.20. The summed E-state index contributed by atoms with van der Waals surface area (Å²) in [5.74, 6) is 2.45. The summed E-state index contributed by atoms with van der Waals surface area (Å²) < 4.78 is 10.8. The number of hydrogen-bond donors (Lipinski definition) is 1. The lowest BCUT2D eigenvalue weighted by Gasteiger charge is -2.21. The zero-order chi connectivity index (χ0) is 24.0. The van der Waals surface area contributed by atoms with Crippen molar-refractivity contribution in [3.05, 3.63) is 78.4 Å². The molecule has 1 saturated heterocycles. The summed E-state index contributed by atoms with van der Waals surface area (Å²) >= 11 is 0. The highest BCUT2D eigenvalue weighted by Crippen LogP contribution is 2.34. The van der Waals surface area contributed by atoms with E-state index in [0.717, 1.165) is 78.2 Å². The molecular weight excluding hydrogens is 436 g/mol. The van der Waals surface area contributed by atoms with Gasteiger partial charge < -0.3 is 14.8 Å². The first-order valence-electron chi connectivity index (χ1n) is 12.2. The van der Waals surface area contributed by atoms with Crippen LogP contribution in [0.3, 0.4) is 0 Å². The Morgan fingerprint density at radius 3 is 2.37 bits per heavy atom. The molecule has 1 aliphatic rings. The van der Waals surface area contributed by atoms with Gasteiger partial charge in [-0.15, -0.1) is 10.2 Å². The average molecular weight is 469 g/mol. The van der Waals surface area contributed by atoms with Crippen LogP contribution in [0.15, 0.2) is 72.8 Å². The van der Waals surface area contributed by atoms with Crippen LogP contribution in [0.1, 0.15) is 24.8 Å². The highest BCUT2D eigenvalue weighted by molar-refractivity contribution is 6.00. The Bertz CT molecular complexity index is 1260. The maximum atomic E-state index is 5.53. The Kier molecular flexibility index (Phi) is 7.09. The van der Waals surface area contributed by atoms with E-state index in [-0.39, 0.29) is 0 Å². The predicted octanol–water partition coefficient (Wildman–Crippen LogP) is 5.78. The summed E-state index contributed by atoms with van der Waals surface area (Å²) in [7, 11) is 3.37. The third-order valence-corrected chi connectivity index (χ3v) is 6.76. The molecule has 0 amide bonds. The minimum absolute atomic E-state index is 0.353. The van der Waals surface area contributed by atoms with Crippen molar-refractivity contribution < 1.29 is 9.47 Å². The van der Waals surface area contributed by atoms with Crippen LogP contribution in [0.4, 0.5) is 5.82 Å². The highest BCUT2D eigenvalue weighted by atomic mass is 16.5. The van der Waals surface area contributed by atoms with E-state index < -0.39 is 0 Å². The van der Waals surface area contributed by atoms with Gasteiger partial charge in [0, 0.05) is 35.5 Å². The van der Waals surface area contributed by atoms with Crippen molar-refractivity contribution in [2.45, 2.75) is 31.8 Å². The van der Waals surface area contributed by atoms with Crippen molar-refractivity contribution in [1.82, 2.24) is 15.1 Å². The Labute approximate surface area is 206 Å². The number of nitrogens with one attached hydrogen (secondary N) is 1. The fourth-order valence-electron chi connectivity index (χ4n) is 4.82. The van der Waals surface area contributed by atoms with Crippen LogP contribution < -0.4 is 14.8 Å². The quantitative estimate of drug-likeness (QED) is 0.371. The molecule has 0 saturated carbocycles. The number of benzene rings is 3. The number of ether oxygens (including phenoxy) is 2. The monoisotopic (exact) mass is 468 g/mol. The zero-order valence-corrected chi connectivity index (χ0v) is 20.4. The molecule has 1 fully saturated rings. The van der Waals surface area contributed by atoms with Gasteiger partial charge >= 0.3 is 0 Å². The number of hydrogen-bond acceptors (Lipinski definition) is 6. The molecule has 1 aromatic heterocycles. The second-order valence-electron chi connectivity index (χ2n) is 9.07. The molecule has 1 unspecified atom stereocenters. The molecule has 180 valence electrons. The first-order valence-corrected chi connectivity index (χ1v) is 12.2. The van der Waals surface area contributed by atoms with E-state index in [9.17, 15) is 0 Å². The summed E-state index contributed by atoms with van der Waals surface area (Å²) in [5, 5.41) is 15.1. The minimum atomic E-state index is 0.353. The number of anilines is 1. The van der Waals surface area contributed by atoms with Crippen molar-refractivity contribution in [3.63, 3.8) is 0 Å². The molecule has 4 aromatic rings. The molecule has 2 heterocycles. The molecule has 3 aromatic carbocycles. The largest absolute Gasteiger partial charge is 0.497 e. The number of nitrogens with zero attached hydrogens (tertiary/aromatic N) is 3. The predicted molar refractivity (Wildman–Crippen MR) is 141 cm³/mol. The van der Waals surface area contributed by atoms with E-state index in [1.807, 2.05) is 30.3 Å². The van der Waals surface area contributed by atoms with Gasteiger partial charge in [0.1, 0.15) is 17.2 Å². The van der Waals surface area contributed by atoms with Crippen molar-refractivity contribution in [3.8, 4) is 22.8 Å². The van der Waals surface area contributed by atoms with Crippen LogP contribution in [0, 0.1) is 0 Å². The van der Waals surface area contributed by atoms with Crippen molar-refractivity contribution in [2.24, 2.45) is 0 Å². The van der Waals surface area contributed by atoms with E-state index >= 15 is 0 Å². The lowest BCUT2D eigenvalue weighted by molar-refractivity contribution is 0.276. The third-order valence-electron chi connectivity index (χ3n) is 6.76. The molecular formula is C29H32N4O2. The number of fused-ring (bicyclic) bond motifs is 1. The molecule has 0 bridgehead atoms.